The quantitative estimate of drug-likeness (QED) is 0.730. The highest BCUT2D eigenvalue weighted by Gasteiger charge is 2.00. The molecule has 4 heteroatoms. The smallest absolute Gasteiger partial charge is 0.133 e. The van der Waals surface area contributed by atoms with Crippen molar-refractivity contribution < 1.29 is 4.74 Å². The highest BCUT2D eigenvalue weighted by atomic mass is 35.5. The molecule has 0 amide bonds. The summed E-state index contributed by atoms with van der Waals surface area (Å²) in [4.78, 5) is 7.96. The van der Waals surface area contributed by atoms with E-state index in [4.69, 9.17) is 16.3 Å². The van der Waals surface area contributed by atoms with Gasteiger partial charge in [-0.05, 0) is 24.3 Å². The zero-order chi connectivity index (χ0) is 10.7. The lowest BCUT2D eigenvalue weighted by Crippen LogP contribution is -1.86. The third-order valence-electron chi connectivity index (χ3n) is 2.02. The van der Waals surface area contributed by atoms with Crippen LogP contribution in [0.3, 0.4) is 0 Å². The van der Waals surface area contributed by atoms with E-state index in [-0.39, 0.29) is 0 Å². The van der Waals surface area contributed by atoms with Crippen molar-refractivity contribution in [3.63, 3.8) is 0 Å². The number of hydrogen-bond donors (Lipinski definition) is 0. The van der Waals surface area contributed by atoms with E-state index in [1.54, 1.807) is 13.2 Å². The lowest BCUT2D eigenvalue weighted by molar-refractivity contribution is 0.415. The summed E-state index contributed by atoms with van der Waals surface area (Å²) in [5.41, 5.74) is 1.79. The molecule has 2 rings (SSSR count). The van der Waals surface area contributed by atoms with Crippen molar-refractivity contribution in [3.8, 4) is 17.0 Å². The van der Waals surface area contributed by atoms with Crippen LogP contribution >= 0.6 is 11.6 Å². The Morgan fingerprint density at radius 3 is 2.47 bits per heavy atom. The van der Waals surface area contributed by atoms with Gasteiger partial charge < -0.3 is 4.74 Å². The summed E-state index contributed by atoms with van der Waals surface area (Å²) in [6.45, 7) is 0. The van der Waals surface area contributed by atoms with E-state index in [1.807, 2.05) is 24.3 Å². The maximum Gasteiger partial charge on any atom is 0.133 e. The van der Waals surface area contributed by atoms with Crippen molar-refractivity contribution in [3.05, 3.63) is 41.8 Å². The van der Waals surface area contributed by atoms with E-state index in [0.717, 1.165) is 17.0 Å². The minimum Gasteiger partial charge on any atom is -0.497 e. The highest BCUT2D eigenvalue weighted by Crippen LogP contribution is 2.21. The van der Waals surface area contributed by atoms with E-state index in [2.05, 4.69) is 9.97 Å². The van der Waals surface area contributed by atoms with E-state index in [0.29, 0.717) is 5.15 Å². The molecule has 0 N–H and O–H groups in total. The average molecular weight is 221 g/mol. The van der Waals surface area contributed by atoms with Crippen LogP contribution in [0.1, 0.15) is 0 Å². The first-order valence-corrected chi connectivity index (χ1v) is 4.79. The molecule has 15 heavy (non-hydrogen) atoms. The molecule has 0 bridgehead atoms. The average Bonchev–Trinajstić information content (AvgIpc) is 2.29. The third kappa shape index (κ3) is 2.25. The van der Waals surface area contributed by atoms with Crippen molar-refractivity contribution >= 4 is 11.6 Å². The van der Waals surface area contributed by atoms with Gasteiger partial charge >= 0.3 is 0 Å². The van der Waals surface area contributed by atoms with Crippen molar-refractivity contribution in [1.29, 1.82) is 0 Å². The van der Waals surface area contributed by atoms with Crippen LogP contribution < -0.4 is 4.74 Å². The molecule has 1 heterocycles. The van der Waals surface area contributed by atoms with Gasteiger partial charge in [-0.2, -0.15) is 0 Å². The molecule has 0 radical (unpaired) electrons. The number of hydrogen-bond acceptors (Lipinski definition) is 3. The minimum absolute atomic E-state index is 0.441. The van der Waals surface area contributed by atoms with Crippen LogP contribution in [0.5, 0.6) is 5.75 Å². The van der Waals surface area contributed by atoms with E-state index in [9.17, 15) is 0 Å². The number of benzene rings is 1. The molecule has 0 unspecified atom stereocenters. The largest absolute Gasteiger partial charge is 0.497 e. The van der Waals surface area contributed by atoms with Crippen molar-refractivity contribution in [2.45, 2.75) is 0 Å². The summed E-state index contributed by atoms with van der Waals surface area (Å²) in [6, 6.07) is 9.34. The first kappa shape index (κ1) is 9.93. The molecule has 0 atom stereocenters. The van der Waals surface area contributed by atoms with Crippen LogP contribution in [-0.2, 0) is 0 Å². The Morgan fingerprint density at radius 2 is 1.87 bits per heavy atom. The van der Waals surface area contributed by atoms with Gasteiger partial charge in [0.1, 0.15) is 17.2 Å². The van der Waals surface area contributed by atoms with E-state index < -0.39 is 0 Å². The predicted molar refractivity (Wildman–Crippen MR) is 59.0 cm³/mol. The van der Waals surface area contributed by atoms with Gasteiger partial charge in [0.25, 0.3) is 0 Å². The standard InChI is InChI=1S/C11H9ClN2O/c1-15-9-4-2-8(3-5-9)10-6-11(12)14-7-13-10/h2-7H,1H3. The van der Waals surface area contributed by atoms with Gasteiger partial charge in [0, 0.05) is 11.6 Å². The molecule has 0 aliphatic rings. The molecule has 1 aromatic carbocycles. The Morgan fingerprint density at radius 1 is 1.13 bits per heavy atom. The highest BCUT2D eigenvalue weighted by molar-refractivity contribution is 6.29. The van der Waals surface area contributed by atoms with Crippen LogP contribution in [0, 0.1) is 0 Å². The van der Waals surface area contributed by atoms with Crippen LogP contribution in [0.15, 0.2) is 36.7 Å². The lowest BCUT2D eigenvalue weighted by Gasteiger charge is -2.02. The van der Waals surface area contributed by atoms with Crippen LogP contribution in [0.2, 0.25) is 5.15 Å². The lowest BCUT2D eigenvalue weighted by atomic mass is 10.1. The second-order valence-corrected chi connectivity index (χ2v) is 3.34. The zero-order valence-electron chi connectivity index (χ0n) is 8.14. The van der Waals surface area contributed by atoms with Crippen molar-refractivity contribution in [2.75, 3.05) is 7.11 Å². The SMILES string of the molecule is COc1ccc(-c2cc(Cl)ncn2)cc1. The molecule has 76 valence electrons. The zero-order valence-corrected chi connectivity index (χ0v) is 8.90. The summed E-state index contributed by atoms with van der Waals surface area (Å²) in [5, 5.41) is 0.441. The summed E-state index contributed by atoms with van der Waals surface area (Å²) >= 11 is 5.78. The maximum atomic E-state index is 5.78. The molecule has 0 saturated carbocycles. The van der Waals surface area contributed by atoms with Crippen molar-refractivity contribution in [1.82, 2.24) is 9.97 Å². The summed E-state index contributed by atoms with van der Waals surface area (Å²) < 4.78 is 5.07. The van der Waals surface area contributed by atoms with Gasteiger partial charge in [-0.3, -0.25) is 0 Å². The number of methoxy groups -OCH3 is 1. The van der Waals surface area contributed by atoms with Crippen LogP contribution in [0.4, 0.5) is 0 Å². The number of halogens is 1. The molecule has 2 aromatic rings. The molecule has 0 aliphatic heterocycles. The predicted octanol–water partition coefficient (Wildman–Crippen LogP) is 2.81. The number of ether oxygens (including phenoxy) is 1. The number of rotatable bonds is 2. The second kappa shape index (κ2) is 4.28. The van der Waals surface area contributed by atoms with Gasteiger partial charge in [-0.25, -0.2) is 9.97 Å². The Hall–Kier alpha value is -1.61. The van der Waals surface area contributed by atoms with E-state index >= 15 is 0 Å². The van der Waals surface area contributed by atoms with E-state index in [1.165, 1.54) is 6.33 Å². The maximum absolute atomic E-state index is 5.78. The topological polar surface area (TPSA) is 35.0 Å². The summed E-state index contributed by atoms with van der Waals surface area (Å²) in [6.07, 6.45) is 1.45. The van der Waals surface area contributed by atoms with Crippen LogP contribution in [0.25, 0.3) is 11.3 Å². The second-order valence-electron chi connectivity index (χ2n) is 2.95. The van der Waals surface area contributed by atoms with Gasteiger partial charge in [-0.1, -0.05) is 11.6 Å². The monoisotopic (exact) mass is 220 g/mol. The van der Waals surface area contributed by atoms with Gasteiger partial charge in [-0.15, -0.1) is 0 Å². The molecule has 0 fully saturated rings. The Labute approximate surface area is 92.7 Å². The molecule has 3 nitrogen and oxygen atoms in total. The molecule has 0 aliphatic carbocycles. The molecule has 0 saturated heterocycles. The summed E-state index contributed by atoms with van der Waals surface area (Å²) in [5.74, 6) is 0.818. The van der Waals surface area contributed by atoms with Crippen molar-refractivity contribution in [2.24, 2.45) is 0 Å². The molecular formula is C11H9ClN2O. The number of aromatic nitrogens is 2. The Bertz CT molecular complexity index is 456. The van der Waals surface area contributed by atoms with Gasteiger partial charge in [0.15, 0.2) is 0 Å². The van der Waals surface area contributed by atoms with Crippen LogP contribution in [-0.4, -0.2) is 17.1 Å². The summed E-state index contributed by atoms with van der Waals surface area (Å²) in [7, 11) is 1.64. The first-order valence-electron chi connectivity index (χ1n) is 4.41. The third-order valence-corrected chi connectivity index (χ3v) is 2.23. The fourth-order valence-corrected chi connectivity index (χ4v) is 1.40. The Kier molecular flexibility index (Phi) is 2.83. The minimum atomic E-state index is 0.441. The first-order chi connectivity index (χ1) is 7.29. The van der Waals surface area contributed by atoms with Gasteiger partial charge in [0.05, 0.1) is 12.8 Å². The fourth-order valence-electron chi connectivity index (χ4n) is 1.25. The fraction of sp³-hybridized carbons (Fsp3) is 0.0909. The number of nitrogens with zero attached hydrogens (tertiary/aromatic N) is 2. The normalized spacial score (nSPS) is 10.0. The Balaban J connectivity index is 2.37. The molecule has 1 aromatic heterocycles. The van der Waals surface area contributed by atoms with Gasteiger partial charge in [0.2, 0.25) is 0 Å². The molecular weight excluding hydrogens is 212 g/mol. The molecule has 0 spiro atoms.